The number of benzene rings is 1. The van der Waals surface area contributed by atoms with Gasteiger partial charge in [-0.3, -0.25) is 14.4 Å². The molecule has 3 amide bonds. The van der Waals surface area contributed by atoms with E-state index in [2.05, 4.69) is 22.4 Å². The molecule has 2 saturated heterocycles. The Morgan fingerprint density at radius 2 is 1.93 bits per heavy atom. The van der Waals surface area contributed by atoms with E-state index in [0.29, 0.717) is 38.5 Å². The Morgan fingerprint density at radius 1 is 1.13 bits per heavy atom. The van der Waals surface area contributed by atoms with E-state index in [4.69, 9.17) is 0 Å². The number of aryl methyl sites for hydroxylation is 1. The first kappa shape index (κ1) is 19.2. The molecule has 1 atom stereocenters. The first-order valence-corrected chi connectivity index (χ1v) is 11.0. The second-order valence-corrected chi connectivity index (χ2v) is 8.90. The number of carbonyl (C=O) groups is 3. The van der Waals surface area contributed by atoms with Gasteiger partial charge in [-0.25, -0.2) is 0 Å². The molecular formula is C23H28N4O3. The number of rotatable bonds is 7. The fourth-order valence-electron chi connectivity index (χ4n) is 4.59. The quantitative estimate of drug-likeness (QED) is 0.733. The highest BCUT2D eigenvalue weighted by Crippen LogP contribution is 2.27. The summed E-state index contributed by atoms with van der Waals surface area (Å²) in [5.74, 6) is -0.0277. The van der Waals surface area contributed by atoms with E-state index >= 15 is 0 Å². The molecule has 2 aromatic rings. The number of aromatic amines is 1. The molecule has 3 heterocycles. The lowest BCUT2D eigenvalue weighted by molar-refractivity contribution is -0.144. The summed E-state index contributed by atoms with van der Waals surface area (Å²) >= 11 is 0. The summed E-state index contributed by atoms with van der Waals surface area (Å²) < 4.78 is 0. The van der Waals surface area contributed by atoms with E-state index < -0.39 is 0 Å². The number of amides is 3. The summed E-state index contributed by atoms with van der Waals surface area (Å²) in [5, 5.41) is 4.22. The maximum absolute atomic E-state index is 12.5. The summed E-state index contributed by atoms with van der Waals surface area (Å²) in [7, 11) is 0. The topological polar surface area (TPSA) is 85.5 Å². The lowest BCUT2D eigenvalue weighted by atomic mass is 10.0. The number of carbonyl (C=O) groups excluding carboxylic acids is 3. The number of likely N-dealkylation sites (tertiary alicyclic amines) is 2. The van der Waals surface area contributed by atoms with Crippen molar-refractivity contribution in [2.75, 3.05) is 19.6 Å². The maximum Gasteiger partial charge on any atom is 0.225 e. The van der Waals surface area contributed by atoms with Gasteiger partial charge in [0.25, 0.3) is 0 Å². The summed E-state index contributed by atoms with van der Waals surface area (Å²) in [5.41, 5.74) is 2.38. The summed E-state index contributed by atoms with van der Waals surface area (Å²) in [6.45, 7) is 1.67. The largest absolute Gasteiger partial charge is 0.361 e. The van der Waals surface area contributed by atoms with E-state index in [1.165, 1.54) is 10.9 Å². The molecule has 7 heteroatoms. The molecule has 0 bridgehead atoms. The average molecular weight is 409 g/mol. The van der Waals surface area contributed by atoms with Crippen molar-refractivity contribution >= 4 is 28.6 Å². The van der Waals surface area contributed by atoms with Crippen molar-refractivity contribution in [1.82, 2.24) is 20.1 Å². The zero-order valence-corrected chi connectivity index (χ0v) is 17.1. The Morgan fingerprint density at radius 3 is 2.73 bits per heavy atom. The monoisotopic (exact) mass is 408 g/mol. The van der Waals surface area contributed by atoms with E-state index in [0.717, 1.165) is 31.2 Å². The highest BCUT2D eigenvalue weighted by molar-refractivity contribution is 5.90. The van der Waals surface area contributed by atoms with Gasteiger partial charge in [0.1, 0.15) is 0 Å². The molecule has 2 aliphatic heterocycles. The van der Waals surface area contributed by atoms with Crippen LogP contribution >= 0.6 is 0 Å². The van der Waals surface area contributed by atoms with Gasteiger partial charge in [0.2, 0.25) is 17.7 Å². The van der Waals surface area contributed by atoms with Crippen molar-refractivity contribution < 1.29 is 14.4 Å². The molecule has 1 saturated carbocycles. The smallest absolute Gasteiger partial charge is 0.225 e. The summed E-state index contributed by atoms with van der Waals surface area (Å²) in [4.78, 5) is 44.0. The van der Waals surface area contributed by atoms with Crippen molar-refractivity contribution in [2.24, 2.45) is 5.92 Å². The standard InChI is InChI=1S/C23H28N4O3/c28-21(7-3-4-15-11-24-20-6-2-1-5-19(15)20)26-13-18(14-26)27-12-16(10-22(27)29)23(30)25-17-8-9-17/h1-2,5-6,11,16-18,24H,3-4,7-10,12-14H2,(H,25,30). The van der Waals surface area contributed by atoms with Crippen LogP contribution in [0.25, 0.3) is 10.9 Å². The van der Waals surface area contributed by atoms with Gasteiger partial charge >= 0.3 is 0 Å². The van der Waals surface area contributed by atoms with Gasteiger partial charge in [-0.1, -0.05) is 18.2 Å². The second-order valence-electron chi connectivity index (χ2n) is 8.90. The molecule has 2 N–H and O–H groups in total. The molecule has 30 heavy (non-hydrogen) atoms. The van der Waals surface area contributed by atoms with Crippen molar-refractivity contribution in [3.63, 3.8) is 0 Å². The SMILES string of the molecule is O=C(NC1CC1)C1CC(=O)N(C2CN(C(=O)CCCc3c[nH]c4ccccc34)C2)C1. The highest BCUT2D eigenvalue weighted by atomic mass is 16.2. The summed E-state index contributed by atoms with van der Waals surface area (Å²) in [6, 6.07) is 8.60. The molecule has 3 aliphatic rings. The van der Waals surface area contributed by atoms with Crippen LogP contribution in [0.1, 0.15) is 37.7 Å². The summed E-state index contributed by atoms with van der Waals surface area (Å²) in [6.07, 6.45) is 6.64. The van der Waals surface area contributed by atoms with Gasteiger partial charge in [-0.15, -0.1) is 0 Å². The van der Waals surface area contributed by atoms with Crippen LogP contribution in [0.3, 0.4) is 0 Å². The Hall–Kier alpha value is -2.83. The minimum atomic E-state index is -0.237. The average Bonchev–Trinajstić information content (AvgIpc) is 3.29. The molecule has 1 aromatic heterocycles. The predicted molar refractivity (Wildman–Crippen MR) is 113 cm³/mol. The number of nitrogens with one attached hydrogen (secondary N) is 2. The Balaban J connectivity index is 1.06. The Labute approximate surface area is 175 Å². The molecule has 0 spiro atoms. The normalized spacial score (nSPS) is 21.9. The molecule has 5 rings (SSSR count). The predicted octanol–water partition coefficient (Wildman–Crippen LogP) is 1.83. The van der Waals surface area contributed by atoms with Crippen molar-refractivity contribution in [3.8, 4) is 0 Å². The van der Waals surface area contributed by atoms with Crippen LogP contribution in [0.2, 0.25) is 0 Å². The Kier molecular flexibility index (Phi) is 4.97. The molecule has 1 aromatic carbocycles. The number of hydrogen-bond acceptors (Lipinski definition) is 3. The molecule has 1 aliphatic carbocycles. The lowest BCUT2D eigenvalue weighted by Crippen LogP contribution is -2.61. The van der Waals surface area contributed by atoms with Crippen LogP contribution in [-0.2, 0) is 20.8 Å². The van der Waals surface area contributed by atoms with Gasteiger partial charge in [0, 0.05) is 55.6 Å². The van der Waals surface area contributed by atoms with Crippen LogP contribution in [0.5, 0.6) is 0 Å². The zero-order chi connectivity index (χ0) is 20.7. The van der Waals surface area contributed by atoms with E-state index in [1.807, 2.05) is 28.1 Å². The van der Waals surface area contributed by atoms with E-state index in [1.54, 1.807) is 0 Å². The van der Waals surface area contributed by atoms with Gasteiger partial charge < -0.3 is 20.1 Å². The number of aromatic nitrogens is 1. The van der Waals surface area contributed by atoms with Crippen LogP contribution in [-0.4, -0.2) is 64.2 Å². The molecule has 1 unspecified atom stereocenters. The minimum absolute atomic E-state index is 0.0119. The van der Waals surface area contributed by atoms with Crippen molar-refractivity contribution in [1.29, 1.82) is 0 Å². The van der Waals surface area contributed by atoms with E-state index in [-0.39, 0.29) is 29.7 Å². The van der Waals surface area contributed by atoms with Gasteiger partial charge in [0.05, 0.1) is 12.0 Å². The third-order valence-corrected chi connectivity index (χ3v) is 6.62. The zero-order valence-electron chi connectivity index (χ0n) is 17.1. The van der Waals surface area contributed by atoms with Gasteiger partial charge in [-0.05, 0) is 37.3 Å². The number of H-pyrrole nitrogens is 1. The van der Waals surface area contributed by atoms with E-state index in [9.17, 15) is 14.4 Å². The number of hydrogen-bond donors (Lipinski definition) is 2. The third kappa shape index (κ3) is 3.80. The van der Waals surface area contributed by atoms with Gasteiger partial charge in [0.15, 0.2) is 0 Å². The van der Waals surface area contributed by atoms with Crippen LogP contribution in [0, 0.1) is 5.92 Å². The van der Waals surface area contributed by atoms with Crippen LogP contribution < -0.4 is 5.32 Å². The van der Waals surface area contributed by atoms with Crippen molar-refractivity contribution in [2.45, 2.75) is 50.6 Å². The molecular weight excluding hydrogens is 380 g/mol. The fraction of sp³-hybridized carbons (Fsp3) is 0.522. The highest BCUT2D eigenvalue weighted by Gasteiger charge is 2.43. The first-order chi connectivity index (χ1) is 14.6. The molecule has 158 valence electrons. The molecule has 0 radical (unpaired) electrons. The number of nitrogens with zero attached hydrogens (tertiary/aromatic N) is 2. The molecule has 7 nitrogen and oxygen atoms in total. The van der Waals surface area contributed by atoms with Crippen LogP contribution in [0.15, 0.2) is 30.5 Å². The lowest BCUT2D eigenvalue weighted by Gasteiger charge is -2.44. The fourth-order valence-corrected chi connectivity index (χ4v) is 4.59. The second kappa shape index (κ2) is 7.78. The van der Waals surface area contributed by atoms with Gasteiger partial charge in [-0.2, -0.15) is 0 Å². The number of fused-ring (bicyclic) bond motifs is 1. The Bertz CT molecular complexity index is 974. The molecule has 3 fully saturated rings. The third-order valence-electron chi connectivity index (χ3n) is 6.62. The first-order valence-electron chi connectivity index (χ1n) is 11.0. The van der Waals surface area contributed by atoms with Crippen LogP contribution in [0.4, 0.5) is 0 Å². The van der Waals surface area contributed by atoms with Crippen molar-refractivity contribution in [3.05, 3.63) is 36.0 Å². The minimum Gasteiger partial charge on any atom is -0.361 e. The maximum atomic E-state index is 12.5. The number of para-hydroxylation sites is 1.